The summed E-state index contributed by atoms with van der Waals surface area (Å²) in [5.74, 6) is 5.93. The second kappa shape index (κ2) is 12.2. The molecule has 0 aliphatic rings. The number of benzene rings is 1. The average Bonchev–Trinajstić information content (AvgIpc) is 3.25. The Kier molecular flexibility index (Phi) is 9.60. The van der Waals surface area contributed by atoms with Crippen molar-refractivity contribution in [3.05, 3.63) is 64.9 Å². The highest BCUT2D eigenvalue weighted by atomic mass is 32.1. The molecule has 0 bridgehead atoms. The number of nitrogens with zero attached hydrogens (tertiary/aromatic N) is 1. The lowest BCUT2D eigenvalue weighted by atomic mass is 9.98. The molecule has 158 valence electrons. The number of hydrogen-bond donors (Lipinski definition) is 0. The van der Waals surface area contributed by atoms with E-state index in [-0.39, 0.29) is 11.4 Å². The molecule has 1 heterocycles. The van der Waals surface area contributed by atoms with Gasteiger partial charge in [-0.3, -0.25) is 4.90 Å². The lowest BCUT2D eigenvalue weighted by Crippen LogP contribution is -2.28. The molecule has 0 spiro atoms. The van der Waals surface area contributed by atoms with Crippen LogP contribution in [0, 0.1) is 17.3 Å². The molecular formula is C26H31NO2S. The van der Waals surface area contributed by atoms with E-state index in [0.29, 0.717) is 13.2 Å². The molecule has 0 unspecified atom stereocenters. The van der Waals surface area contributed by atoms with Gasteiger partial charge < -0.3 is 4.74 Å². The van der Waals surface area contributed by atoms with Crippen LogP contribution in [0.4, 0.5) is 0 Å². The van der Waals surface area contributed by atoms with E-state index in [1.165, 1.54) is 11.6 Å². The molecule has 0 radical (unpaired) electrons. The van der Waals surface area contributed by atoms with E-state index in [1.54, 1.807) is 17.4 Å². The summed E-state index contributed by atoms with van der Waals surface area (Å²) >= 11 is 1.67. The fourth-order valence-electron chi connectivity index (χ4n) is 2.64. The van der Waals surface area contributed by atoms with Gasteiger partial charge in [0, 0.05) is 24.6 Å². The first-order valence-electron chi connectivity index (χ1n) is 10.2. The van der Waals surface area contributed by atoms with Gasteiger partial charge in [-0.2, -0.15) is 11.3 Å². The molecule has 0 saturated heterocycles. The zero-order chi connectivity index (χ0) is 21.8. The highest BCUT2D eigenvalue weighted by molar-refractivity contribution is 7.08. The minimum atomic E-state index is -0.321. The Morgan fingerprint density at radius 3 is 2.77 bits per heavy atom. The fraction of sp³-hybridized carbons (Fsp3) is 0.346. The van der Waals surface area contributed by atoms with Crippen LogP contribution in [0.15, 0.2) is 59.3 Å². The lowest BCUT2D eigenvalue weighted by Gasteiger charge is -2.17. The minimum Gasteiger partial charge on any atom is -0.461 e. The van der Waals surface area contributed by atoms with Gasteiger partial charge in [0.25, 0.3) is 0 Å². The van der Waals surface area contributed by atoms with E-state index in [1.807, 2.05) is 24.3 Å². The van der Waals surface area contributed by atoms with Crippen molar-refractivity contribution in [2.45, 2.75) is 27.7 Å². The maximum absolute atomic E-state index is 12.0. The summed E-state index contributed by atoms with van der Waals surface area (Å²) in [6.07, 6.45) is 7.23. The van der Waals surface area contributed by atoms with Crippen LogP contribution in [0.2, 0.25) is 0 Å². The maximum Gasteiger partial charge on any atom is 0.330 e. The van der Waals surface area contributed by atoms with Crippen molar-refractivity contribution < 1.29 is 9.53 Å². The van der Waals surface area contributed by atoms with E-state index in [9.17, 15) is 4.79 Å². The molecule has 2 aromatic rings. The molecule has 3 nitrogen and oxygen atoms in total. The van der Waals surface area contributed by atoms with Crippen molar-refractivity contribution in [2.24, 2.45) is 5.41 Å². The third kappa shape index (κ3) is 9.26. The molecule has 0 fully saturated rings. The van der Waals surface area contributed by atoms with Gasteiger partial charge >= 0.3 is 5.97 Å². The quantitative estimate of drug-likeness (QED) is 0.287. The molecule has 1 aromatic heterocycles. The molecule has 30 heavy (non-hydrogen) atoms. The Morgan fingerprint density at radius 2 is 2.07 bits per heavy atom. The van der Waals surface area contributed by atoms with Crippen molar-refractivity contribution in [1.29, 1.82) is 0 Å². The number of esters is 1. The summed E-state index contributed by atoms with van der Waals surface area (Å²) in [5.41, 5.74) is 3.33. The second-order valence-corrected chi connectivity index (χ2v) is 8.73. The molecule has 0 atom stereocenters. The minimum absolute atomic E-state index is 0.0156. The third-order valence-corrected chi connectivity index (χ3v) is 4.95. The predicted molar refractivity (Wildman–Crippen MR) is 128 cm³/mol. The van der Waals surface area contributed by atoms with E-state index in [0.717, 1.165) is 24.2 Å². The summed E-state index contributed by atoms with van der Waals surface area (Å²) in [5, 5.41) is 4.17. The number of allylic oxidation sites excluding steroid dienone is 1. The van der Waals surface area contributed by atoms with Gasteiger partial charge in [0.1, 0.15) is 6.61 Å². The van der Waals surface area contributed by atoms with E-state index >= 15 is 0 Å². The molecule has 0 aliphatic heterocycles. The highest BCUT2D eigenvalue weighted by Gasteiger charge is 2.04. The molecule has 0 aliphatic carbocycles. The zero-order valence-electron chi connectivity index (χ0n) is 18.4. The third-order valence-electron chi connectivity index (χ3n) is 4.26. The number of thiophene rings is 1. The summed E-state index contributed by atoms with van der Waals surface area (Å²) in [4.78, 5) is 14.2. The van der Waals surface area contributed by atoms with Gasteiger partial charge in [0.15, 0.2) is 0 Å². The van der Waals surface area contributed by atoms with Crippen molar-refractivity contribution in [2.75, 3.05) is 26.2 Å². The van der Waals surface area contributed by atoms with Crippen LogP contribution in [0.1, 0.15) is 33.3 Å². The summed E-state index contributed by atoms with van der Waals surface area (Å²) in [6, 6.07) is 10.2. The van der Waals surface area contributed by atoms with Crippen LogP contribution in [0.5, 0.6) is 0 Å². The number of rotatable bonds is 9. The van der Waals surface area contributed by atoms with Gasteiger partial charge in [0.05, 0.1) is 0 Å². The molecule has 4 heteroatoms. The normalized spacial score (nSPS) is 11.8. The van der Waals surface area contributed by atoms with E-state index < -0.39 is 0 Å². The Labute approximate surface area is 185 Å². The second-order valence-electron chi connectivity index (χ2n) is 7.95. The highest BCUT2D eigenvalue weighted by Crippen LogP contribution is 2.23. The maximum atomic E-state index is 12.0. The average molecular weight is 422 g/mol. The Bertz CT molecular complexity index is 908. The monoisotopic (exact) mass is 421 g/mol. The molecule has 0 saturated carbocycles. The first kappa shape index (κ1) is 23.7. The zero-order valence-corrected chi connectivity index (χ0v) is 19.2. The van der Waals surface area contributed by atoms with Crippen molar-refractivity contribution >= 4 is 23.4 Å². The van der Waals surface area contributed by atoms with Crippen LogP contribution in [-0.2, 0) is 9.53 Å². The SMILES string of the molecule is CCN(CC=CC#CC(C)(C)C)CCOC(=O)C=Cc1cccc(-c2ccsc2)c1. The van der Waals surface area contributed by atoms with Crippen molar-refractivity contribution in [1.82, 2.24) is 4.90 Å². The van der Waals surface area contributed by atoms with Crippen LogP contribution in [-0.4, -0.2) is 37.1 Å². The van der Waals surface area contributed by atoms with Gasteiger partial charge in [0.2, 0.25) is 0 Å². The molecule has 0 amide bonds. The molecular weight excluding hydrogens is 390 g/mol. The summed E-state index contributed by atoms with van der Waals surface area (Å²) in [6.45, 7) is 11.1. The number of carbonyl (C=O) groups excluding carboxylic acids is 1. The lowest BCUT2D eigenvalue weighted by molar-refractivity contribution is -0.138. The number of hydrogen-bond acceptors (Lipinski definition) is 4. The van der Waals surface area contributed by atoms with E-state index in [2.05, 4.69) is 73.4 Å². The first-order chi connectivity index (χ1) is 14.4. The summed E-state index contributed by atoms with van der Waals surface area (Å²) in [7, 11) is 0. The Hall–Kier alpha value is -2.61. The largest absolute Gasteiger partial charge is 0.461 e. The Morgan fingerprint density at radius 1 is 1.23 bits per heavy atom. The molecule has 2 rings (SSSR count). The van der Waals surface area contributed by atoms with E-state index in [4.69, 9.17) is 4.74 Å². The molecule has 0 N–H and O–H groups in total. The van der Waals surface area contributed by atoms with Crippen LogP contribution in [0.3, 0.4) is 0 Å². The van der Waals surface area contributed by atoms with Crippen LogP contribution in [0.25, 0.3) is 17.2 Å². The van der Waals surface area contributed by atoms with Crippen molar-refractivity contribution in [3.8, 4) is 23.0 Å². The molecule has 1 aromatic carbocycles. The first-order valence-corrected chi connectivity index (χ1v) is 11.2. The van der Waals surface area contributed by atoms with Crippen molar-refractivity contribution in [3.63, 3.8) is 0 Å². The van der Waals surface area contributed by atoms with Gasteiger partial charge in [-0.25, -0.2) is 4.79 Å². The van der Waals surface area contributed by atoms with Gasteiger partial charge in [-0.1, -0.05) is 43.0 Å². The standard InChI is InChI=1S/C26H31NO2S/c1-5-27(16-8-6-7-15-26(2,3)4)17-18-29-25(28)13-12-22-10-9-11-23(20-22)24-14-19-30-21-24/h6,8-14,19-21H,5,16-18H2,1-4H3. The smallest absolute Gasteiger partial charge is 0.330 e. The van der Waals surface area contributed by atoms with Gasteiger partial charge in [-0.15, -0.1) is 0 Å². The number of carbonyl (C=O) groups is 1. The topological polar surface area (TPSA) is 29.5 Å². The number of ether oxygens (including phenoxy) is 1. The summed E-state index contributed by atoms with van der Waals surface area (Å²) < 4.78 is 5.35. The predicted octanol–water partition coefficient (Wildman–Crippen LogP) is 5.90. The van der Waals surface area contributed by atoms with Crippen LogP contribution < -0.4 is 0 Å². The van der Waals surface area contributed by atoms with Gasteiger partial charge in [-0.05, 0) is 79.1 Å². The Balaban J connectivity index is 1.76. The van der Waals surface area contributed by atoms with Crippen LogP contribution >= 0.6 is 11.3 Å². The number of likely N-dealkylation sites (N-methyl/N-ethyl adjacent to an activating group) is 1. The fourth-order valence-corrected chi connectivity index (χ4v) is 3.30.